The molecule has 130 valence electrons. The number of piperazine rings is 1. The molecule has 0 amide bonds. The fourth-order valence-electron chi connectivity index (χ4n) is 3.07. The summed E-state index contributed by atoms with van der Waals surface area (Å²) in [7, 11) is -3.62. The second-order valence-electron chi connectivity index (χ2n) is 6.07. The first-order valence-electron chi connectivity index (χ1n) is 8.38. The number of nitriles is 1. The van der Waals surface area contributed by atoms with Gasteiger partial charge in [-0.3, -0.25) is 0 Å². The smallest absolute Gasteiger partial charge is 0.243 e. The molecule has 1 unspecified atom stereocenters. The Morgan fingerprint density at radius 3 is 2.44 bits per heavy atom. The third kappa shape index (κ3) is 3.59. The molecule has 0 spiro atoms. The molecular weight excluding hydrogens is 334 g/mol. The zero-order chi connectivity index (χ0) is 17.9. The summed E-state index contributed by atoms with van der Waals surface area (Å²) >= 11 is 0. The van der Waals surface area contributed by atoms with Gasteiger partial charge < -0.3 is 5.32 Å². The molecule has 0 radical (unpaired) electrons. The topological polar surface area (TPSA) is 73.2 Å². The highest BCUT2D eigenvalue weighted by atomic mass is 32.2. The number of aryl methyl sites for hydroxylation is 1. The predicted molar refractivity (Wildman–Crippen MR) is 96.5 cm³/mol. The molecule has 2 aromatic carbocycles. The van der Waals surface area contributed by atoms with Crippen molar-refractivity contribution in [2.75, 3.05) is 19.6 Å². The van der Waals surface area contributed by atoms with Gasteiger partial charge in [0.1, 0.15) is 0 Å². The minimum absolute atomic E-state index is 0.226. The van der Waals surface area contributed by atoms with Crippen LogP contribution in [0.4, 0.5) is 0 Å². The molecule has 2 aromatic rings. The van der Waals surface area contributed by atoms with Crippen molar-refractivity contribution in [3.05, 3.63) is 65.2 Å². The first-order valence-corrected chi connectivity index (χ1v) is 9.82. The van der Waals surface area contributed by atoms with E-state index in [4.69, 9.17) is 5.26 Å². The lowest BCUT2D eigenvalue weighted by Gasteiger charge is -2.35. The third-order valence-corrected chi connectivity index (χ3v) is 6.48. The lowest BCUT2D eigenvalue weighted by atomic mass is 10.0. The van der Waals surface area contributed by atoms with E-state index in [0.29, 0.717) is 25.2 Å². The van der Waals surface area contributed by atoms with E-state index in [1.807, 2.05) is 18.2 Å². The minimum atomic E-state index is -3.62. The first-order chi connectivity index (χ1) is 12.1. The van der Waals surface area contributed by atoms with Crippen LogP contribution >= 0.6 is 0 Å². The Morgan fingerprint density at radius 1 is 1.16 bits per heavy atom. The lowest BCUT2D eigenvalue weighted by molar-refractivity contribution is 0.271. The van der Waals surface area contributed by atoms with Crippen LogP contribution in [0.5, 0.6) is 0 Å². The van der Waals surface area contributed by atoms with Crippen LogP contribution in [0.1, 0.15) is 29.7 Å². The number of rotatable bonds is 4. The van der Waals surface area contributed by atoms with Gasteiger partial charge in [0.2, 0.25) is 10.0 Å². The van der Waals surface area contributed by atoms with Gasteiger partial charge in [0.05, 0.1) is 22.6 Å². The van der Waals surface area contributed by atoms with E-state index in [1.165, 1.54) is 17.7 Å². The van der Waals surface area contributed by atoms with E-state index in [1.54, 1.807) is 16.4 Å². The van der Waals surface area contributed by atoms with Crippen molar-refractivity contribution in [1.29, 1.82) is 5.26 Å². The summed E-state index contributed by atoms with van der Waals surface area (Å²) in [6, 6.07) is 16.0. The summed E-state index contributed by atoms with van der Waals surface area (Å²) in [5.74, 6) is 0. The second kappa shape index (κ2) is 7.36. The van der Waals surface area contributed by atoms with Gasteiger partial charge in [-0.05, 0) is 41.8 Å². The van der Waals surface area contributed by atoms with Gasteiger partial charge in [0.15, 0.2) is 0 Å². The quantitative estimate of drug-likeness (QED) is 0.914. The van der Waals surface area contributed by atoms with Crippen LogP contribution in [0, 0.1) is 11.3 Å². The normalized spacial score (nSPS) is 18.6. The summed E-state index contributed by atoms with van der Waals surface area (Å²) in [6.07, 6.45) is 0.955. The maximum atomic E-state index is 13.1. The maximum Gasteiger partial charge on any atom is 0.243 e. The SMILES string of the molecule is CCc1ccc(C2CNCCN2S(=O)(=O)c2ccc(C#N)cc2)cc1. The van der Waals surface area contributed by atoms with Gasteiger partial charge in [-0.25, -0.2) is 8.42 Å². The average Bonchev–Trinajstić information content (AvgIpc) is 2.68. The average molecular weight is 355 g/mol. The molecular formula is C19H21N3O2S. The van der Waals surface area contributed by atoms with E-state index >= 15 is 0 Å². The summed E-state index contributed by atoms with van der Waals surface area (Å²) in [5.41, 5.74) is 2.67. The predicted octanol–water partition coefficient (Wildman–Crippen LogP) is 2.46. The molecule has 0 aromatic heterocycles. The van der Waals surface area contributed by atoms with E-state index < -0.39 is 10.0 Å². The van der Waals surface area contributed by atoms with Crippen molar-refractivity contribution in [3.63, 3.8) is 0 Å². The van der Waals surface area contributed by atoms with Crippen molar-refractivity contribution < 1.29 is 8.42 Å². The number of hydrogen-bond donors (Lipinski definition) is 1. The summed E-state index contributed by atoms with van der Waals surface area (Å²) in [5, 5.41) is 12.2. The molecule has 6 heteroatoms. The highest BCUT2D eigenvalue weighted by Gasteiger charge is 2.34. The fourth-order valence-corrected chi connectivity index (χ4v) is 4.68. The molecule has 5 nitrogen and oxygen atoms in total. The van der Waals surface area contributed by atoms with Gasteiger partial charge in [0.25, 0.3) is 0 Å². The van der Waals surface area contributed by atoms with Crippen LogP contribution < -0.4 is 5.32 Å². The van der Waals surface area contributed by atoms with Crippen LogP contribution in [0.2, 0.25) is 0 Å². The Kier molecular flexibility index (Phi) is 5.19. The summed E-state index contributed by atoms with van der Waals surface area (Å²) in [4.78, 5) is 0.226. The Morgan fingerprint density at radius 2 is 1.84 bits per heavy atom. The molecule has 1 heterocycles. The molecule has 1 aliphatic heterocycles. The van der Waals surface area contributed by atoms with Crippen molar-refractivity contribution in [2.45, 2.75) is 24.3 Å². The molecule has 1 N–H and O–H groups in total. The molecule has 1 atom stereocenters. The molecule has 25 heavy (non-hydrogen) atoms. The minimum Gasteiger partial charge on any atom is -0.313 e. The van der Waals surface area contributed by atoms with Crippen LogP contribution in [0.15, 0.2) is 53.4 Å². The standard InChI is InChI=1S/C19H21N3O2S/c1-2-15-3-7-17(8-4-15)19-14-21-11-12-22(19)25(23,24)18-9-5-16(13-20)6-10-18/h3-10,19,21H,2,11-12,14H2,1H3. The Balaban J connectivity index is 1.94. The maximum absolute atomic E-state index is 13.1. The molecule has 1 aliphatic rings. The van der Waals surface area contributed by atoms with Gasteiger partial charge in [-0.2, -0.15) is 9.57 Å². The zero-order valence-corrected chi connectivity index (χ0v) is 15.0. The van der Waals surface area contributed by atoms with Crippen LogP contribution in [-0.2, 0) is 16.4 Å². The lowest BCUT2D eigenvalue weighted by Crippen LogP contribution is -2.48. The monoisotopic (exact) mass is 355 g/mol. The number of benzene rings is 2. The van der Waals surface area contributed by atoms with Crippen LogP contribution in [0.3, 0.4) is 0 Å². The van der Waals surface area contributed by atoms with E-state index in [0.717, 1.165) is 12.0 Å². The molecule has 1 fully saturated rings. The zero-order valence-electron chi connectivity index (χ0n) is 14.1. The van der Waals surface area contributed by atoms with Crippen molar-refractivity contribution in [1.82, 2.24) is 9.62 Å². The number of sulfonamides is 1. The van der Waals surface area contributed by atoms with E-state index in [9.17, 15) is 8.42 Å². The Bertz CT molecular complexity index is 868. The van der Waals surface area contributed by atoms with Gasteiger partial charge >= 0.3 is 0 Å². The van der Waals surface area contributed by atoms with Gasteiger partial charge in [-0.1, -0.05) is 31.2 Å². The van der Waals surface area contributed by atoms with E-state index in [2.05, 4.69) is 24.4 Å². The van der Waals surface area contributed by atoms with Crippen molar-refractivity contribution in [2.24, 2.45) is 0 Å². The second-order valence-corrected chi connectivity index (χ2v) is 7.96. The van der Waals surface area contributed by atoms with Gasteiger partial charge in [-0.15, -0.1) is 0 Å². The molecule has 0 aliphatic carbocycles. The van der Waals surface area contributed by atoms with Crippen LogP contribution in [-0.4, -0.2) is 32.4 Å². The van der Waals surface area contributed by atoms with E-state index in [-0.39, 0.29) is 10.9 Å². The molecule has 0 bridgehead atoms. The number of nitrogens with zero attached hydrogens (tertiary/aromatic N) is 2. The van der Waals surface area contributed by atoms with Crippen molar-refractivity contribution in [3.8, 4) is 6.07 Å². The largest absolute Gasteiger partial charge is 0.313 e. The third-order valence-electron chi connectivity index (χ3n) is 4.56. The fraction of sp³-hybridized carbons (Fsp3) is 0.316. The first kappa shape index (κ1) is 17.6. The molecule has 1 saturated heterocycles. The van der Waals surface area contributed by atoms with Gasteiger partial charge in [0, 0.05) is 19.6 Å². The highest BCUT2D eigenvalue weighted by Crippen LogP contribution is 2.29. The Hall–Kier alpha value is -2.20. The Labute approximate surface area is 149 Å². The summed E-state index contributed by atoms with van der Waals surface area (Å²) in [6.45, 7) is 3.72. The molecule has 3 rings (SSSR count). The number of nitrogens with one attached hydrogen (secondary N) is 1. The number of hydrogen-bond acceptors (Lipinski definition) is 4. The molecule has 0 saturated carbocycles. The van der Waals surface area contributed by atoms with Crippen molar-refractivity contribution >= 4 is 10.0 Å². The van der Waals surface area contributed by atoms with Crippen LogP contribution in [0.25, 0.3) is 0 Å². The highest BCUT2D eigenvalue weighted by molar-refractivity contribution is 7.89. The summed E-state index contributed by atoms with van der Waals surface area (Å²) < 4.78 is 27.8.